The van der Waals surface area contributed by atoms with Crippen LogP contribution in [0.25, 0.3) is 0 Å². The molecule has 22 heavy (non-hydrogen) atoms. The van der Waals surface area contributed by atoms with Crippen LogP contribution in [0.15, 0.2) is 24.3 Å². The fraction of sp³-hybridized carbons (Fsp3) is 0.533. The summed E-state index contributed by atoms with van der Waals surface area (Å²) >= 11 is 0. The van der Waals surface area contributed by atoms with Gasteiger partial charge in [0.25, 0.3) is 0 Å². The van der Waals surface area contributed by atoms with Crippen molar-refractivity contribution in [2.75, 3.05) is 19.6 Å². The van der Waals surface area contributed by atoms with Crippen LogP contribution >= 0.6 is 12.4 Å². The van der Waals surface area contributed by atoms with E-state index in [4.69, 9.17) is 5.73 Å². The van der Waals surface area contributed by atoms with Crippen molar-refractivity contribution in [1.29, 1.82) is 0 Å². The molecule has 0 spiro atoms. The summed E-state index contributed by atoms with van der Waals surface area (Å²) in [6, 6.07) is 6.40. The summed E-state index contributed by atoms with van der Waals surface area (Å²) in [6.07, 6.45) is 1.72. The van der Waals surface area contributed by atoms with Gasteiger partial charge in [0.05, 0.1) is 12.0 Å². The Kier molecular flexibility index (Phi) is 5.74. The van der Waals surface area contributed by atoms with E-state index in [-0.39, 0.29) is 42.1 Å². The standard InChI is InChI=1S/C15H21FN4O.ClH/c16-11-3-1-10(2-4-11)14-13(9-18-19-14)15(21)20-7-5-12(17)6-8-20;/h1-4,12-14,18-19H,5-9,17H2;1H. The molecule has 4 N–H and O–H groups in total. The molecule has 2 heterocycles. The van der Waals surface area contributed by atoms with Gasteiger partial charge in [-0.1, -0.05) is 12.1 Å². The highest BCUT2D eigenvalue weighted by atomic mass is 35.5. The molecule has 0 aromatic heterocycles. The number of carbonyl (C=O) groups is 1. The number of nitrogens with zero attached hydrogens (tertiary/aromatic N) is 1. The van der Waals surface area contributed by atoms with Gasteiger partial charge in [-0.25, -0.2) is 9.82 Å². The van der Waals surface area contributed by atoms with Gasteiger partial charge >= 0.3 is 0 Å². The molecule has 0 bridgehead atoms. The predicted molar refractivity (Wildman–Crippen MR) is 84.8 cm³/mol. The molecule has 2 atom stereocenters. The molecule has 1 aromatic rings. The van der Waals surface area contributed by atoms with Crippen LogP contribution in [0.1, 0.15) is 24.4 Å². The fourth-order valence-electron chi connectivity index (χ4n) is 3.07. The first kappa shape index (κ1) is 17.1. The molecular weight excluding hydrogens is 307 g/mol. The molecule has 122 valence electrons. The predicted octanol–water partition coefficient (Wildman–Crippen LogP) is 0.962. The third-order valence-electron chi connectivity index (χ3n) is 4.38. The second-order valence-corrected chi connectivity index (χ2v) is 5.82. The fourth-order valence-corrected chi connectivity index (χ4v) is 3.07. The summed E-state index contributed by atoms with van der Waals surface area (Å²) < 4.78 is 13.0. The summed E-state index contributed by atoms with van der Waals surface area (Å²) in [6.45, 7) is 2.04. The summed E-state index contributed by atoms with van der Waals surface area (Å²) in [5, 5.41) is 0. The molecule has 2 aliphatic rings. The molecular formula is C15H22ClFN4O. The van der Waals surface area contributed by atoms with Crippen LogP contribution < -0.4 is 16.6 Å². The van der Waals surface area contributed by atoms with Crippen molar-refractivity contribution in [3.8, 4) is 0 Å². The number of carbonyl (C=O) groups excluding carboxylic acids is 1. The molecule has 0 radical (unpaired) electrons. The van der Waals surface area contributed by atoms with Gasteiger partial charge in [-0.15, -0.1) is 12.4 Å². The lowest BCUT2D eigenvalue weighted by Crippen LogP contribution is -2.46. The van der Waals surface area contributed by atoms with E-state index in [1.54, 1.807) is 12.1 Å². The number of amides is 1. The number of nitrogens with one attached hydrogen (secondary N) is 2. The van der Waals surface area contributed by atoms with Gasteiger partial charge in [0.1, 0.15) is 5.82 Å². The Hall–Kier alpha value is -1.21. The van der Waals surface area contributed by atoms with Crippen LogP contribution in [0.5, 0.6) is 0 Å². The Morgan fingerprint density at radius 2 is 1.86 bits per heavy atom. The second kappa shape index (κ2) is 7.37. The van der Waals surface area contributed by atoms with E-state index in [1.807, 2.05) is 4.90 Å². The maximum absolute atomic E-state index is 13.0. The van der Waals surface area contributed by atoms with E-state index in [0.29, 0.717) is 6.54 Å². The van der Waals surface area contributed by atoms with E-state index >= 15 is 0 Å². The minimum Gasteiger partial charge on any atom is -0.342 e. The third-order valence-corrected chi connectivity index (χ3v) is 4.38. The van der Waals surface area contributed by atoms with Crippen molar-refractivity contribution < 1.29 is 9.18 Å². The van der Waals surface area contributed by atoms with Gasteiger partial charge in [0, 0.05) is 25.7 Å². The second-order valence-electron chi connectivity index (χ2n) is 5.82. The number of benzene rings is 1. The Morgan fingerprint density at radius 3 is 2.50 bits per heavy atom. The number of hydrogen-bond donors (Lipinski definition) is 3. The number of nitrogens with two attached hydrogens (primary N) is 1. The highest BCUT2D eigenvalue weighted by Gasteiger charge is 2.37. The first-order chi connectivity index (χ1) is 10.1. The molecule has 7 heteroatoms. The summed E-state index contributed by atoms with van der Waals surface area (Å²) in [7, 11) is 0. The Bertz CT molecular complexity index is 505. The number of hydrogen-bond acceptors (Lipinski definition) is 4. The Labute approximate surface area is 135 Å². The zero-order valence-electron chi connectivity index (χ0n) is 12.3. The first-order valence-corrected chi connectivity index (χ1v) is 7.43. The highest BCUT2D eigenvalue weighted by molar-refractivity contribution is 5.85. The SMILES string of the molecule is Cl.NC1CCN(C(=O)C2CNNC2c2ccc(F)cc2)CC1. The zero-order chi connectivity index (χ0) is 14.8. The third kappa shape index (κ3) is 3.57. The highest BCUT2D eigenvalue weighted by Crippen LogP contribution is 2.27. The summed E-state index contributed by atoms with van der Waals surface area (Å²) in [4.78, 5) is 14.6. The van der Waals surface area contributed by atoms with Crippen molar-refractivity contribution >= 4 is 18.3 Å². The van der Waals surface area contributed by atoms with E-state index in [2.05, 4.69) is 10.9 Å². The molecule has 2 unspecified atom stereocenters. The van der Waals surface area contributed by atoms with Gasteiger partial charge in [-0.3, -0.25) is 10.2 Å². The molecule has 2 aliphatic heterocycles. The minimum atomic E-state index is -0.266. The molecule has 0 saturated carbocycles. The van der Waals surface area contributed by atoms with Crippen LogP contribution in [-0.2, 0) is 4.79 Å². The van der Waals surface area contributed by atoms with Crippen molar-refractivity contribution in [2.24, 2.45) is 11.7 Å². The summed E-state index contributed by atoms with van der Waals surface area (Å²) in [5.74, 6) is -0.281. The molecule has 1 aromatic carbocycles. The minimum absolute atomic E-state index is 0. The van der Waals surface area contributed by atoms with Gasteiger partial charge < -0.3 is 10.6 Å². The average Bonchev–Trinajstić information content (AvgIpc) is 2.97. The molecule has 1 amide bonds. The number of halogens is 2. The van der Waals surface area contributed by atoms with Crippen LogP contribution in [0.2, 0.25) is 0 Å². The molecule has 2 saturated heterocycles. The number of likely N-dealkylation sites (tertiary alicyclic amines) is 1. The van der Waals surface area contributed by atoms with Crippen LogP contribution in [0.4, 0.5) is 4.39 Å². The number of hydrazine groups is 1. The van der Waals surface area contributed by atoms with Crippen molar-refractivity contribution in [3.63, 3.8) is 0 Å². The van der Waals surface area contributed by atoms with Crippen molar-refractivity contribution in [2.45, 2.75) is 24.9 Å². The van der Waals surface area contributed by atoms with Gasteiger partial charge in [-0.05, 0) is 30.5 Å². The maximum atomic E-state index is 13.0. The first-order valence-electron chi connectivity index (χ1n) is 7.43. The monoisotopic (exact) mass is 328 g/mol. The topological polar surface area (TPSA) is 70.4 Å². The normalized spacial score (nSPS) is 25.8. The van der Waals surface area contributed by atoms with Crippen molar-refractivity contribution in [1.82, 2.24) is 15.8 Å². The zero-order valence-corrected chi connectivity index (χ0v) is 13.1. The van der Waals surface area contributed by atoms with Gasteiger partial charge in [-0.2, -0.15) is 0 Å². The largest absolute Gasteiger partial charge is 0.342 e. The summed E-state index contributed by atoms with van der Waals surface area (Å²) in [5.41, 5.74) is 13.0. The van der Waals surface area contributed by atoms with Gasteiger partial charge in [0.15, 0.2) is 0 Å². The lowest BCUT2D eigenvalue weighted by Gasteiger charge is -2.33. The Balaban J connectivity index is 0.00000176. The molecule has 2 fully saturated rings. The molecule has 5 nitrogen and oxygen atoms in total. The van der Waals surface area contributed by atoms with Crippen LogP contribution in [0.3, 0.4) is 0 Å². The lowest BCUT2D eigenvalue weighted by molar-refractivity contribution is -0.136. The van der Waals surface area contributed by atoms with Crippen LogP contribution in [-0.4, -0.2) is 36.5 Å². The Morgan fingerprint density at radius 1 is 1.23 bits per heavy atom. The van der Waals surface area contributed by atoms with E-state index in [9.17, 15) is 9.18 Å². The number of rotatable bonds is 2. The van der Waals surface area contributed by atoms with E-state index in [0.717, 1.165) is 31.5 Å². The maximum Gasteiger partial charge on any atom is 0.229 e. The average molecular weight is 329 g/mol. The molecule has 3 rings (SSSR count). The number of piperidine rings is 1. The quantitative estimate of drug-likeness (QED) is 0.756. The van der Waals surface area contributed by atoms with Gasteiger partial charge in [0.2, 0.25) is 5.91 Å². The molecule has 0 aliphatic carbocycles. The van der Waals surface area contributed by atoms with E-state index < -0.39 is 0 Å². The lowest BCUT2D eigenvalue weighted by atomic mass is 9.92. The van der Waals surface area contributed by atoms with Crippen LogP contribution in [0, 0.1) is 11.7 Å². The smallest absolute Gasteiger partial charge is 0.229 e. The van der Waals surface area contributed by atoms with Crippen molar-refractivity contribution in [3.05, 3.63) is 35.6 Å². The van der Waals surface area contributed by atoms with E-state index in [1.165, 1.54) is 12.1 Å².